The van der Waals surface area contributed by atoms with Gasteiger partial charge in [0.2, 0.25) is 5.91 Å². The molecule has 1 atom stereocenters. The fourth-order valence-electron chi connectivity index (χ4n) is 1.84. The Kier molecular flexibility index (Phi) is 2.67. The van der Waals surface area contributed by atoms with Crippen LogP contribution in [0.2, 0.25) is 5.02 Å². The highest BCUT2D eigenvalue weighted by atomic mass is 35.5. The van der Waals surface area contributed by atoms with Crippen LogP contribution in [0.5, 0.6) is 0 Å². The molecule has 0 bridgehead atoms. The average molecular weight is 243 g/mol. The van der Waals surface area contributed by atoms with E-state index in [-0.39, 0.29) is 5.92 Å². The van der Waals surface area contributed by atoms with Gasteiger partial charge in [-0.15, -0.1) is 0 Å². The van der Waals surface area contributed by atoms with E-state index in [2.05, 4.69) is 5.10 Å². The molecule has 4 N–H and O–H groups in total. The highest BCUT2D eigenvalue weighted by molar-refractivity contribution is 6.31. The quantitative estimate of drug-likeness (QED) is 0.803. The van der Waals surface area contributed by atoms with E-state index in [0.717, 1.165) is 18.5 Å². The van der Waals surface area contributed by atoms with Gasteiger partial charge in [-0.05, 0) is 25.7 Å². The topological polar surface area (TPSA) is 86.9 Å². The third kappa shape index (κ3) is 1.81. The Balaban J connectivity index is 2.24. The Morgan fingerprint density at radius 2 is 2.38 bits per heavy atom. The van der Waals surface area contributed by atoms with Crippen LogP contribution in [0.25, 0.3) is 0 Å². The Morgan fingerprint density at radius 3 is 2.75 bits per heavy atom. The Hall–Kier alpha value is -1.07. The van der Waals surface area contributed by atoms with Gasteiger partial charge in [-0.1, -0.05) is 11.6 Å². The van der Waals surface area contributed by atoms with Gasteiger partial charge in [0.05, 0.1) is 23.5 Å². The molecule has 0 radical (unpaired) electrons. The van der Waals surface area contributed by atoms with Crippen LogP contribution in [0.4, 0.5) is 0 Å². The lowest BCUT2D eigenvalue weighted by molar-refractivity contribution is -0.124. The molecule has 1 unspecified atom stereocenters. The summed E-state index contributed by atoms with van der Waals surface area (Å²) in [5.74, 6) is -0.298. The summed E-state index contributed by atoms with van der Waals surface area (Å²) < 4.78 is 1.64. The van der Waals surface area contributed by atoms with Crippen molar-refractivity contribution in [1.29, 1.82) is 0 Å². The van der Waals surface area contributed by atoms with E-state index in [1.807, 2.05) is 6.92 Å². The van der Waals surface area contributed by atoms with Gasteiger partial charge in [0, 0.05) is 0 Å². The first-order valence-corrected chi connectivity index (χ1v) is 5.59. The Morgan fingerprint density at radius 1 is 1.75 bits per heavy atom. The molecule has 1 aliphatic rings. The molecule has 16 heavy (non-hydrogen) atoms. The normalized spacial score (nSPS) is 19.4. The molecule has 1 saturated carbocycles. The van der Waals surface area contributed by atoms with Crippen LogP contribution in [0.3, 0.4) is 0 Å². The zero-order chi connectivity index (χ0) is 11.9. The lowest BCUT2D eigenvalue weighted by atomic mass is 9.93. The molecule has 1 heterocycles. The summed E-state index contributed by atoms with van der Waals surface area (Å²) in [4.78, 5) is 11.4. The van der Waals surface area contributed by atoms with Gasteiger partial charge in [-0.3, -0.25) is 9.48 Å². The molecular formula is C10H15ClN4O. The van der Waals surface area contributed by atoms with Crippen molar-refractivity contribution in [2.75, 3.05) is 0 Å². The molecule has 1 aromatic heterocycles. The minimum atomic E-state index is -1.000. The third-order valence-electron chi connectivity index (χ3n) is 3.22. The van der Waals surface area contributed by atoms with E-state index >= 15 is 0 Å². The number of carbonyl (C=O) groups excluding carboxylic acids is 1. The minimum absolute atomic E-state index is 0.173. The van der Waals surface area contributed by atoms with Crippen LogP contribution >= 0.6 is 11.6 Å². The SMILES string of the molecule is Cc1c(Cl)cnn1CC(N)(C(N)=O)C1CC1. The molecule has 0 saturated heterocycles. The maximum atomic E-state index is 11.4. The molecule has 0 aromatic carbocycles. The maximum Gasteiger partial charge on any atom is 0.239 e. The van der Waals surface area contributed by atoms with Crippen LogP contribution in [0.15, 0.2) is 6.20 Å². The zero-order valence-electron chi connectivity index (χ0n) is 9.11. The van der Waals surface area contributed by atoms with Gasteiger partial charge in [0.25, 0.3) is 0 Å². The Bertz CT molecular complexity index is 426. The summed E-state index contributed by atoms with van der Waals surface area (Å²) in [5, 5.41) is 4.66. The van der Waals surface area contributed by atoms with Crippen molar-refractivity contribution in [3.05, 3.63) is 16.9 Å². The summed E-state index contributed by atoms with van der Waals surface area (Å²) in [6, 6.07) is 0. The van der Waals surface area contributed by atoms with Crippen molar-refractivity contribution in [2.24, 2.45) is 17.4 Å². The van der Waals surface area contributed by atoms with Crippen molar-refractivity contribution in [1.82, 2.24) is 9.78 Å². The number of nitrogens with zero attached hydrogens (tertiary/aromatic N) is 2. The van der Waals surface area contributed by atoms with Crippen molar-refractivity contribution >= 4 is 17.5 Å². The minimum Gasteiger partial charge on any atom is -0.368 e. The van der Waals surface area contributed by atoms with E-state index in [0.29, 0.717) is 11.6 Å². The maximum absolute atomic E-state index is 11.4. The zero-order valence-corrected chi connectivity index (χ0v) is 9.87. The Labute approximate surface area is 98.7 Å². The number of halogens is 1. The van der Waals surface area contributed by atoms with E-state index in [1.165, 1.54) is 0 Å². The molecule has 2 rings (SSSR count). The van der Waals surface area contributed by atoms with Crippen LogP contribution < -0.4 is 11.5 Å². The molecule has 1 aromatic rings. The number of hydrogen-bond acceptors (Lipinski definition) is 3. The largest absolute Gasteiger partial charge is 0.368 e. The third-order valence-corrected chi connectivity index (χ3v) is 3.59. The highest BCUT2D eigenvalue weighted by Gasteiger charge is 2.47. The van der Waals surface area contributed by atoms with Crippen molar-refractivity contribution in [2.45, 2.75) is 31.8 Å². The standard InChI is InChI=1S/C10H15ClN4O/c1-6-8(11)4-14-15(6)5-10(13,9(12)16)7-2-3-7/h4,7H,2-3,5,13H2,1H3,(H2,12,16). The first-order chi connectivity index (χ1) is 7.45. The highest BCUT2D eigenvalue weighted by Crippen LogP contribution is 2.39. The van der Waals surface area contributed by atoms with Gasteiger partial charge >= 0.3 is 0 Å². The number of amides is 1. The van der Waals surface area contributed by atoms with E-state index in [9.17, 15) is 4.79 Å². The van der Waals surface area contributed by atoms with E-state index in [4.69, 9.17) is 23.1 Å². The lowest BCUT2D eigenvalue weighted by Crippen LogP contribution is -2.57. The molecule has 0 spiro atoms. The van der Waals surface area contributed by atoms with Gasteiger partial charge < -0.3 is 11.5 Å². The van der Waals surface area contributed by atoms with Gasteiger partial charge in [0.15, 0.2) is 0 Å². The molecule has 1 aliphatic carbocycles. The lowest BCUT2D eigenvalue weighted by Gasteiger charge is -2.26. The molecule has 1 fully saturated rings. The molecule has 5 nitrogen and oxygen atoms in total. The predicted octanol–water partition coefficient (Wildman–Crippen LogP) is 0.438. The van der Waals surface area contributed by atoms with Crippen molar-refractivity contribution in [3.63, 3.8) is 0 Å². The predicted molar refractivity (Wildman–Crippen MR) is 60.8 cm³/mol. The number of primary amides is 1. The number of carbonyl (C=O) groups is 1. The van der Waals surface area contributed by atoms with Crippen LogP contribution in [0, 0.1) is 12.8 Å². The number of rotatable bonds is 4. The average Bonchev–Trinajstić information content (AvgIpc) is 3.02. The molecule has 1 amide bonds. The second-order valence-corrected chi connectivity index (χ2v) is 4.82. The molecule has 6 heteroatoms. The van der Waals surface area contributed by atoms with Gasteiger partial charge in [-0.2, -0.15) is 5.10 Å². The van der Waals surface area contributed by atoms with Crippen LogP contribution in [-0.2, 0) is 11.3 Å². The van der Waals surface area contributed by atoms with Crippen molar-refractivity contribution in [3.8, 4) is 0 Å². The number of nitrogens with two attached hydrogens (primary N) is 2. The fraction of sp³-hybridized carbons (Fsp3) is 0.600. The monoisotopic (exact) mass is 242 g/mol. The molecule has 88 valence electrons. The molecule has 0 aliphatic heterocycles. The summed E-state index contributed by atoms with van der Waals surface area (Å²) in [7, 11) is 0. The smallest absolute Gasteiger partial charge is 0.239 e. The summed E-state index contributed by atoms with van der Waals surface area (Å²) >= 11 is 5.89. The summed E-state index contributed by atoms with van der Waals surface area (Å²) in [6.45, 7) is 2.13. The van der Waals surface area contributed by atoms with Gasteiger partial charge in [0.1, 0.15) is 5.54 Å². The van der Waals surface area contributed by atoms with Crippen LogP contribution in [0.1, 0.15) is 18.5 Å². The van der Waals surface area contributed by atoms with E-state index < -0.39 is 11.4 Å². The number of hydrogen-bond donors (Lipinski definition) is 2. The first-order valence-electron chi connectivity index (χ1n) is 5.22. The van der Waals surface area contributed by atoms with E-state index in [1.54, 1.807) is 10.9 Å². The second-order valence-electron chi connectivity index (χ2n) is 4.41. The van der Waals surface area contributed by atoms with Crippen molar-refractivity contribution < 1.29 is 4.79 Å². The summed E-state index contributed by atoms with van der Waals surface area (Å²) in [6.07, 6.45) is 3.45. The molecular weight excluding hydrogens is 228 g/mol. The fourth-order valence-corrected chi connectivity index (χ4v) is 1.98. The number of aromatic nitrogens is 2. The summed E-state index contributed by atoms with van der Waals surface area (Å²) in [5.41, 5.74) is 11.3. The first kappa shape index (κ1) is 11.4. The second kappa shape index (κ2) is 3.75. The van der Waals surface area contributed by atoms with Crippen LogP contribution in [-0.4, -0.2) is 21.2 Å². The van der Waals surface area contributed by atoms with Gasteiger partial charge in [-0.25, -0.2) is 0 Å².